The molecule has 2 aromatic heterocycles. The predicted molar refractivity (Wildman–Crippen MR) is 150 cm³/mol. The highest BCUT2D eigenvalue weighted by Gasteiger charge is 2.29. The second-order valence-electron chi connectivity index (χ2n) is 10.9. The molecule has 2 aliphatic rings. The van der Waals surface area contributed by atoms with Crippen LogP contribution in [0.2, 0.25) is 0 Å². The summed E-state index contributed by atoms with van der Waals surface area (Å²) < 4.78 is 19.0. The third-order valence-corrected chi connectivity index (χ3v) is 7.83. The quantitative estimate of drug-likeness (QED) is 0.309. The van der Waals surface area contributed by atoms with Crippen LogP contribution in [0, 0.1) is 13.8 Å². The number of rotatable bonds is 10. The Morgan fingerprint density at radius 2 is 2.00 bits per heavy atom. The summed E-state index contributed by atoms with van der Waals surface area (Å²) in [6.45, 7) is 8.91. The number of H-pyrrole nitrogens is 1. The van der Waals surface area contributed by atoms with Crippen molar-refractivity contribution in [1.82, 2.24) is 30.1 Å². The minimum absolute atomic E-state index is 0.0793. The molecule has 1 fully saturated rings. The van der Waals surface area contributed by atoms with Gasteiger partial charge in [0.15, 0.2) is 17.3 Å². The van der Waals surface area contributed by atoms with Crippen molar-refractivity contribution in [3.8, 4) is 11.5 Å². The molecule has 1 saturated heterocycles. The molecule has 0 unspecified atom stereocenters. The Morgan fingerprint density at radius 3 is 2.83 bits per heavy atom. The minimum atomic E-state index is -0.110. The number of nitrogens with one attached hydrogen (secondary N) is 1. The fraction of sp³-hybridized carbons (Fsp3) is 0.467. The fourth-order valence-corrected chi connectivity index (χ4v) is 5.93. The van der Waals surface area contributed by atoms with Crippen molar-refractivity contribution in [3.05, 3.63) is 74.8 Å². The normalized spacial score (nSPS) is 17.2. The summed E-state index contributed by atoms with van der Waals surface area (Å²) in [5, 5.41) is 14.0. The second kappa shape index (κ2) is 11.4. The zero-order chi connectivity index (χ0) is 27.6. The molecule has 0 amide bonds. The van der Waals surface area contributed by atoms with Crippen molar-refractivity contribution >= 4 is 10.9 Å². The Kier molecular flexibility index (Phi) is 7.53. The van der Waals surface area contributed by atoms with E-state index in [-0.39, 0.29) is 24.5 Å². The third-order valence-electron chi connectivity index (χ3n) is 7.83. The van der Waals surface area contributed by atoms with E-state index in [0.29, 0.717) is 25.2 Å². The lowest BCUT2D eigenvalue weighted by atomic mass is 10.0. The number of benzene rings is 2. The topological polar surface area (TPSA) is 107 Å². The average molecular weight is 545 g/mol. The molecule has 4 aromatic rings. The monoisotopic (exact) mass is 544 g/mol. The van der Waals surface area contributed by atoms with Gasteiger partial charge in [-0.3, -0.25) is 9.69 Å². The zero-order valence-electron chi connectivity index (χ0n) is 23.4. The molecule has 40 heavy (non-hydrogen) atoms. The Hall–Kier alpha value is -3.76. The highest BCUT2D eigenvalue weighted by atomic mass is 16.7. The van der Waals surface area contributed by atoms with Crippen LogP contribution >= 0.6 is 0 Å². The van der Waals surface area contributed by atoms with Crippen molar-refractivity contribution in [1.29, 1.82) is 0 Å². The molecule has 10 nitrogen and oxygen atoms in total. The second-order valence-corrected chi connectivity index (χ2v) is 10.9. The summed E-state index contributed by atoms with van der Waals surface area (Å²) in [6, 6.07) is 12.1. The van der Waals surface area contributed by atoms with E-state index >= 15 is 0 Å². The highest BCUT2D eigenvalue weighted by Crippen LogP contribution is 2.35. The molecule has 2 aliphatic heterocycles. The van der Waals surface area contributed by atoms with Crippen LogP contribution in [0.5, 0.6) is 11.5 Å². The molecule has 0 spiro atoms. The maximum absolute atomic E-state index is 13.4. The molecule has 0 bridgehead atoms. The van der Waals surface area contributed by atoms with Gasteiger partial charge in [-0.25, -0.2) is 4.68 Å². The number of hydrogen-bond donors (Lipinski definition) is 1. The summed E-state index contributed by atoms with van der Waals surface area (Å²) in [5.74, 6) is 2.28. The van der Waals surface area contributed by atoms with Gasteiger partial charge in [0.2, 0.25) is 6.79 Å². The molecule has 0 aliphatic carbocycles. The number of hydrogen-bond acceptors (Lipinski definition) is 8. The number of aromatic amines is 1. The lowest BCUT2D eigenvalue weighted by molar-refractivity contribution is 0.0885. The van der Waals surface area contributed by atoms with Gasteiger partial charge in [0.25, 0.3) is 5.56 Å². The molecule has 2 atom stereocenters. The number of tetrazole rings is 1. The molecule has 210 valence electrons. The minimum Gasteiger partial charge on any atom is -0.454 e. The van der Waals surface area contributed by atoms with Crippen molar-refractivity contribution in [2.24, 2.45) is 0 Å². The van der Waals surface area contributed by atoms with Gasteiger partial charge < -0.3 is 19.2 Å². The standard InChI is InChI=1S/C30H36N6O4/c1-4-6-25(29-32-33-34-36(29)17-24-7-5-10-38-24)35(15-21-8-9-26-27(13-21)40-18-39-26)16-23-14-22-12-19(2)11-20(3)28(22)31-30(23)37/h8-9,11-14,24-25H,4-7,10,15-18H2,1-3H3,(H,31,37)/t24-,25+/m0/s1. The van der Waals surface area contributed by atoms with Gasteiger partial charge in [0.1, 0.15) is 0 Å². The van der Waals surface area contributed by atoms with Crippen LogP contribution in [-0.2, 0) is 24.4 Å². The van der Waals surface area contributed by atoms with Crippen LogP contribution in [0.3, 0.4) is 0 Å². The number of nitrogens with zero attached hydrogens (tertiary/aromatic N) is 5. The smallest absolute Gasteiger partial charge is 0.252 e. The Bertz CT molecular complexity index is 1560. The Labute approximate surface area is 233 Å². The van der Waals surface area contributed by atoms with Gasteiger partial charge in [-0.1, -0.05) is 31.0 Å². The summed E-state index contributed by atoms with van der Waals surface area (Å²) in [5.41, 5.74) is 4.80. The van der Waals surface area contributed by atoms with Gasteiger partial charge in [-0.2, -0.15) is 0 Å². The van der Waals surface area contributed by atoms with Crippen molar-refractivity contribution < 1.29 is 14.2 Å². The van der Waals surface area contributed by atoms with E-state index in [1.165, 1.54) is 0 Å². The number of aromatic nitrogens is 5. The Balaban J connectivity index is 1.38. The first-order chi connectivity index (χ1) is 19.5. The molecular weight excluding hydrogens is 508 g/mol. The third kappa shape index (κ3) is 5.46. The summed E-state index contributed by atoms with van der Waals surface area (Å²) in [7, 11) is 0. The molecule has 6 rings (SSSR count). The van der Waals surface area contributed by atoms with Crippen LogP contribution in [0.1, 0.15) is 66.7 Å². The van der Waals surface area contributed by atoms with Gasteiger partial charge in [0, 0.05) is 25.3 Å². The van der Waals surface area contributed by atoms with Gasteiger partial charge >= 0.3 is 0 Å². The lowest BCUT2D eigenvalue weighted by Gasteiger charge is -2.31. The zero-order valence-corrected chi connectivity index (χ0v) is 23.4. The molecule has 2 aromatic carbocycles. The maximum Gasteiger partial charge on any atom is 0.252 e. The Morgan fingerprint density at radius 1 is 1.12 bits per heavy atom. The van der Waals surface area contributed by atoms with E-state index in [9.17, 15) is 4.79 Å². The van der Waals surface area contributed by atoms with Crippen molar-refractivity contribution in [3.63, 3.8) is 0 Å². The maximum atomic E-state index is 13.4. The molecule has 0 saturated carbocycles. The summed E-state index contributed by atoms with van der Waals surface area (Å²) in [6.07, 6.45) is 3.94. The molecular formula is C30H36N6O4. The number of fused-ring (bicyclic) bond motifs is 2. The van der Waals surface area contributed by atoms with E-state index in [4.69, 9.17) is 14.2 Å². The SMILES string of the molecule is CCC[C@H](c1nnnn1C[C@@H]1CCCO1)N(Cc1ccc2c(c1)OCO2)Cc1cc2cc(C)cc(C)c2[nH]c1=O. The molecule has 0 radical (unpaired) electrons. The first kappa shape index (κ1) is 26.5. The van der Waals surface area contributed by atoms with Gasteiger partial charge in [-0.05, 0) is 84.3 Å². The van der Waals surface area contributed by atoms with Crippen LogP contribution in [0.25, 0.3) is 10.9 Å². The van der Waals surface area contributed by atoms with E-state index in [0.717, 1.165) is 77.2 Å². The fourth-order valence-electron chi connectivity index (χ4n) is 5.93. The highest BCUT2D eigenvalue weighted by molar-refractivity contribution is 5.82. The van der Waals surface area contributed by atoms with E-state index in [1.807, 2.05) is 29.8 Å². The number of ether oxygens (including phenoxy) is 3. The average Bonchev–Trinajstić information content (AvgIpc) is 3.71. The van der Waals surface area contributed by atoms with Crippen LogP contribution in [0.15, 0.2) is 41.2 Å². The lowest BCUT2D eigenvalue weighted by Crippen LogP contribution is -2.33. The van der Waals surface area contributed by atoms with Crippen LogP contribution < -0.4 is 15.0 Å². The first-order valence-electron chi connectivity index (χ1n) is 14.1. The van der Waals surface area contributed by atoms with Gasteiger partial charge in [-0.15, -0.1) is 5.10 Å². The van der Waals surface area contributed by atoms with E-state index in [1.54, 1.807) is 0 Å². The number of pyridine rings is 1. The van der Waals surface area contributed by atoms with E-state index in [2.05, 4.69) is 57.5 Å². The molecule has 4 heterocycles. The van der Waals surface area contributed by atoms with E-state index < -0.39 is 0 Å². The van der Waals surface area contributed by atoms with Crippen LogP contribution in [0.4, 0.5) is 0 Å². The van der Waals surface area contributed by atoms with Gasteiger partial charge in [0.05, 0.1) is 24.2 Å². The summed E-state index contributed by atoms with van der Waals surface area (Å²) in [4.78, 5) is 18.8. The summed E-state index contributed by atoms with van der Waals surface area (Å²) >= 11 is 0. The predicted octanol–water partition coefficient (Wildman–Crippen LogP) is 4.58. The molecule has 1 N–H and O–H groups in total. The van der Waals surface area contributed by atoms with Crippen LogP contribution in [-0.4, -0.2) is 49.6 Å². The van der Waals surface area contributed by atoms with Crippen molar-refractivity contribution in [2.45, 2.75) is 78.2 Å². The molecule has 10 heteroatoms. The van der Waals surface area contributed by atoms with Crippen molar-refractivity contribution in [2.75, 3.05) is 13.4 Å². The first-order valence-corrected chi connectivity index (χ1v) is 14.1. The number of aryl methyl sites for hydroxylation is 2. The largest absolute Gasteiger partial charge is 0.454 e.